The number of hydrogen-bond acceptors (Lipinski definition) is 5. The maximum absolute atomic E-state index is 14.3. The van der Waals surface area contributed by atoms with Gasteiger partial charge in [0.25, 0.3) is 5.91 Å². The van der Waals surface area contributed by atoms with Crippen molar-refractivity contribution >= 4 is 34.6 Å². The minimum Gasteiger partial charge on any atom is -0.486 e. The largest absolute Gasteiger partial charge is 0.486 e. The average molecular weight is 489 g/mol. The molecule has 0 spiro atoms. The summed E-state index contributed by atoms with van der Waals surface area (Å²) in [7, 11) is 0. The van der Waals surface area contributed by atoms with Crippen LogP contribution in [0.3, 0.4) is 0 Å². The maximum atomic E-state index is 14.3. The molecule has 0 aromatic heterocycles. The van der Waals surface area contributed by atoms with Crippen molar-refractivity contribution in [3.05, 3.63) is 46.2 Å². The van der Waals surface area contributed by atoms with Crippen LogP contribution in [0, 0.1) is 11.2 Å². The van der Waals surface area contributed by atoms with Crippen LogP contribution in [0.25, 0.3) is 0 Å². The monoisotopic (exact) mass is 488 g/mol. The van der Waals surface area contributed by atoms with Gasteiger partial charge in [0.1, 0.15) is 17.2 Å². The zero-order valence-electron chi connectivity index (χ0n) is 20.9. The minimum atomic E-state index is -0.507. The molecule has 0 radical (unpaired) electrons. The minimum absolute atomic E-state index is 0.0630. The van der Waals surface area contributed by atoms with Gasteiger partial charge in [-0.1, -0.05) is 38.4 Å². The Morgan fingerprint density at radius 3 is 2.59 bits per heavy atom. The summed E-state index contributed by atoms with van der Waals surface area (Å²) in [6, 6.07) is 6.35. The second-order valence-corrected chi connectivity index (χ2v) is 12.1. The number of rotatable bonds is 5. The highest BCUT2D eigenvalue weighted by Gasteiger charge is 2.40. The molecule has 0 saturated heterocycles. The van der Waals surface area contributed by atoms with E-state index in [4.69, 9.17) is 16.3 Å². The fourth-order valence-electron chi connectivity index (χ4n) is 5.12. The van der Waals surface area contributed by atoms with E-state index in [2.05, 4.69) is 42.0 Å². The van der Waals surface area contributed by atoms with Crippen molar-refractivity contribution in [1.82, 2.24) is 5.32 Å². The Labute approximate surface area is 206 Å². The lowest BCUT2D eigenvalue weighted by atomic mass is 9.81. The first kappa shape index (κ1) is 24.5. The molecule has 2 aliphatic heterocycles. The van der Waals surface area contributed by atoms with Gasteiger partial charge in [0, 0.05) is 17.5 Å². The second kappa shape index (κ2) is 8.22. The molecule has 1 unspecified atom stereocenters. The smallest absolute Gasteiger partial charge is 0.255 e. The van der Waals surface area contributed by atoms with E-state index in [1.54, 1.807) is 18.2 Å². The molecule has 2 heterocycles. The van der Waals surface area contributed by atoms with Gasteiger partial charge in [-0.3, -0.25) is 4.79 Å². The van der Waals surface area contributed by atoms with Crippen LogP contribution in [0.1, 0.15) is 70.8 Å². The van der Waals surface area contributed by atoms with Crippen molar-refractivity contribution in [2.24, 2.45) is 5.41 Å². The molecule has 6 nitrogen and oxygen atoms in total. The van der Waals surface area contributed by atoms with E-state index in [9.17, 15) is 9.18 Å². The molecule has 2 aromatic rings. The van der Waals surface area contributed by atoms with Crippen molar-refractivity contribution < 1.29 is 13.9 Å². The van der Waals surface area contributed by atoms with Crippen LogP contribution in [0.15, 0.2) is 24.3 Å². The number of amides is 1. The van der Waals surface area contributed by atoms with E-state index in [0.717, 1.165) is 23.4 Å². The van der Waals surface area contributed by atoms with Crippen LogP contribution in [-0.2, 0) is 6.42 Å². The van der Waals surface area contributed by atoms with Gasteiger partial charge in [-0.05, 0) is 57.7 Å². The van der Waals surface area contributed by atoms with Gasteiger partial charge in [-0.15, -0.1) is 0 Å². The Balaban J connectivity index is 1.64. The van der Waals surface area contributed by atoms with E-state index < -0.39 is 23.2 Å². The number of carbonyl (C=O) groups is 1. The summed E-state index contributed by atoms with van der Waals surface area (Å²) in [6.07, 6.45) is 0.951. The Kier molecular flexibility index (Phi) is 5.91. The van der Waals surface area contributed by atoms with Gasteiger partial charge in [-0.2, -0.15) is 0 Å². The van der Waals surface area contributed by atoms with Crippen LogP contribution in [0.4, 0.5) is 21.5 Å². The zero-order chi connectivity index (χ0) is 25.1. The first-order valence-corrected chi connectivity index (χ1v) is 12.0. The number of para-hydroxylation sites is 1. The van der Waals surface area contributed by atoms with Gasteiger partial charge >= 0.3 is 0 Å². The Hall–Kier alpha value is -2.67. The third-order valence-corrected chi connectivity index (χ3v) is 6.18. The fourth-order valence-corrected chi connectivity index (χ4v) is 5.34. The molecule has 4 rings (SSSR count). The molecule has 1 amide bonds. The molecular weight excluding hydrogens is 455 g/mol. The lowest BCUT2D eigenvalue weighted by Gasteiger charge is -2.33. The van der Waals surface area contributed by atoms with Crippen LogP contribution in [-0.4, -0.2) is 23.3 Å². The number of carbonyl (C=O) groups excluding carboxylic acids is 1. The number of ether oxygens (including phenoxy) is 1. The molecule has 0 fully saturated rings. The van der Waals surface area contributed by atoms with E-state index >= 15 is 0 Å². The zero-order valence-corrected chi connectivity index (χ0v) is 21.6. The van der Waals surface area contributed by atoms with Crippen molar-refractivity contribution in [2.75, 3.05) is 16.0 Å². The Morgan fingerprint density at radius 2 is 1.94 bits per heavy atom. The molecular formula is C26H34ClFN4O2. The van der Waals surface area contributed by atoms with E-state index in [1.165, 1.54) is 6.07 Å². The topological polar surface area (TPSA) is 74.4 Å². The van der Waals surface area contributed by atoms with E-state index in [-0.39, 0.29) is 22.0 Å². The predicted octanol–water partition coefficient (Wildman–Crippen LogP) is 6.37. The first-order chi connectivity index (χ1) is 15.6. The second-order valence-electron chi connectivity index (χ2n) is 11.7. The molecule has 0 bridgehead atoms. The number of nitrogens with one attached hydrogen (secondary N) is 4. The van der Waals surface area contributed by atoms with Gasteiger partial charge < -0.3 is 26.0 Å². The number of benzene rings is 2. The SMILES string of the molecule is CC(C)(C)CC(C)(C)NC(=O)c1cc2c(c3c1OC(C)(C)C3)NC(Nc1c(F)cccc1Cl)N2. The van der Waals surface area contributed by atoms with Crippen LogP contribution in [0.5, 0.6) is 5.75 Å². The van der Waals surface area contributed by atoms with Crippen molar-refractivity contribution in [3.8, 4) is 5.75 Å². The van der Waals surface area contributed by atoms with Crippen molar-refractivity contribution in [2.45, 2.75) is 78.7 Å². The third kappa shape index (κ3) is 5.04. The molecule has 184 valence electrons. The lowest BCUT2D eigenvalue weighted by Crippen LogP contribution is -2.46. The van der Waals surface area contributed by atoms with Crippen LogP contribution < -0.4 is 26.0 Å². The molecule has 0 aliphatic carbocycles. The third-order valence-electron chi connectivity index (χ3n) is 5.87. The van der Waals surface area contributed by atoms with Gasteiger partial charge in [0.05, 0.1) is 27.6 Å². The summed E-state index contributed by atoms with van der Waals surface area (Å²) in [5.41, 5.74) is 2.44. The summed E-state index contributed by atoms with van der Waals surface area (Å²) in [4.78, 5) is 13.5. The molecule has 34 heavy (non-hydrogen) atoms. The van der Waals surface area contributed by atoms with Gasteiger partial charge in [0.15, 0.2) is 6.29 Å². The average Bonchev–Trinajstić information content (AvgIpc) is 3.20. The molecule has 0 saturated carbocycles. The Morgan fingerprint density at radius 1 is 1.24 bits per heavy atom. The van der Waals surface area contributed by atoms with E-state index in [1.807, 2.05) is 27.7 Å². The molecule has 4 N–H and O–H groups in total. The van der Waals surface area contributed by atoms with Crippen LogP contribution in [0.2, 0.25) is 5.02 Å². The summed E-state index contributed by atoms with van der Waals surface area (Å²) in [6.45, 7) is 14.5. The van der Waals surface area contributed by atoms with Crippen molar-refractivity contribution in [3.63, 3.8) is 0 Å². The van der Waals surface area contributed by atoms with Crippen LogP contribution >= 0.6 is 11.6 Å². The molecule has 8 heteroatoms. The van der Waals surface area contributed by atoms with Gasteiger partial charge in [-0.25, -0.2) is 4.39 Å². The summed E-state index contributed by atoms with van der Waals surface area (Å²) in [5, 5.41) is 13.2. The normalized spacial score (nSPS) is 18.3. The molecule has 1 atom stereocenters. The Bertz CT molecular complexity index is 1120. The fraction of sp³-hybridized carbons (Fsp3) is 0.500. The standard InChI is InChI=1S/C26H34ClFN4O2/c1-24(2,3)13-25(4,5)32-22(33)14-11-18-19(15-12-26(6,7)34-21(14)15)30-23(29-18)31-20-16(27)9-8-10-17(20)28/h8-11,23,29-31H,12-13H2,1-7H3,(H,32,33). The highest BCUT2D eigenvalue weighted by molar-refractivity contribution is 6.33. The van der Waals surface area contributed by atoms with Gasteiger partial charge in [0.2, 0.25) is 0 Å². The quantitative estimate of drug-likeness (QED) is 0.393. The maximum Gasteiger partial charge on any atom is 0.255 e. The number of fused-ring (bicyclic) bond motifs is 3. The number of halogens is 2. The summed E-state index contributed by atoms with van der Waals surface area (Å²) < 4.78 is 20.6. The molecule has 2 aliphatic rings. The molecule has 2 aromatic carbocycles. The lowest BCUT2D eigenvalue weighted by molar-refractivity contribution is 0.0879. The summed E-state index contributed by atoms with van der Waals surface area (Å²) in [5.74, 6) is -0.0315. The number of anilines is 3. The van der Waals surface area contributed by atoms with E-state index in [0.29, 0.717) is 17.7 Å². The number of hydrogen-bond donors (Lipinski definition) is 4. The summed E-state index contributed by atoms with van der Waals surface area (Å²) >= 11 is 6.19. The highest BCUT2D eigenvalue weighted by atomic mass is 35.5. The first-order valence-electron chi connectivity index (χ1n) is 11.6. The van der Waals surface area contributed by atoms with Crippen molar-refractivity contribution in [1.29, 1.82) is 0 Å². The predicted molar refractivity (Wildman–Crippen MR) is 137 cm³/mol. The highest BCUT2D eigenvalue weighted by Crippen LogP contribution is 2.48.